The fourth-order valence-electron chi connectivity index (χ4n) is 2.30. The van der Waals surface area contributed by atoms with Gasteiger partial charge in [-0.1, -0.05) is 0 Å². The molecule has 3 aromatic rings. The topological polar surface area (TPSA) is 72.5 Å². The van der Waals surface area contributed by atoms with Crippen LogP contribution in [0.2, 0.25) is 0 Å². The van der Waals surface area contributed by atoms with Crippen LogP contribution in [0.15, 0.2) is 41.8 Å². The summed E-state index contributed by atoms with van der Waals surface area (Å²) >= 11 is 1.23. The SMILES string of the molecule is O=C(Nc1ccc(F)c(F)c1)c1csc(Nc2ccc3c(c2)OCO3)n1. The number of ether oxygens (including phenoxy) is 2. The van der Waals surface area contributed by atoms with Gasteiger partial charge in [-0.3, -0.25) is 4.79 Å². The Bertz CT molecular complexity index is 993. The number of thiazole rings is 1. The highest BCUT2D eigenvalue weighted by molar-refractivity contribution is 7.14. The van der Waals surface area contributed by atoms with Crippen molar-refractivity contribution >= 4 is 33.8 Å². The van der Waals surface area contributed by atoms with Crippen molar-refractivity contribution in [2.45, 2.75) is 0 Å². The first kappa shape index (κ1) is 16.3. The molecule has 2 heterocycles. The molecule has 2 aromatic carbocycles. The van der Waals surface area contributed by atoms with Crippen molar-refractivity contribution in [3.63, 3.8) is 0 Å². The van der Waals surface area contributed by atoms with Crippen LogP contribution in [0, 0.1) is 11.6 Å². The number of amides is 1. The summed E-state index contributed by atoms with van der Waals surface area (Å²) in [6.07, 6.45) is 0. The molecule has 1 aliphatic rings. The number of carbonyl (C=O) groups excluding carboxylic acids is 1. The van der Waals surface area contributed by atoms with Gasteiger partial charge < -0.3 is 20.1 Å². The Morgan fingerprint density at radius 2 is 1.85 bits per heavy atom. The Hall–Kier alpha value is -3.20. The maximum atomic E-state index is 13.2. The number of nitrogens with zero attached hydrogens (tertiary/aromatic N) is 1. The lowest BCUT2D eigenvalue weighted by atomic mass is 10.3. The van der Waals surface area contributed by atoms with Crippen LogP contribution >= 0.6 is 11.3 Å². The Morgan fingerprint density at radius 3 is 2.69 bits per heavy atom. The molecular weight excluding hydrogens is 364 g/mol. The number of hydrogen-bond donors (Lipinski definition) is 2. The molecule has 0 bridgehead atoms. The first-order valence-electron chi connectivity index (χ1n) is 7.47. The van der Waals surface area contributed by atoms with Crippen molar-refractivity contribution in [3.05, 3.63) is 59.1 Å². The molecule has 1 aromatic heterocycles. The Balaban J connectivity index is 1.45. The lowest BCUT2D eigenvalue weighted by Gasteiger charge is -2.04. The molecule has 1 amide bonds. The van der Waals surface area contributed by atoms with E-state index in [9.17, 15) is 13.6 Å². The zero-order valence-electron chi connectivity index (χ0n) is 13.1. The predicted octanol–water partition coefficient (Wildman–Crippen LogP) is 4.15. The van der Waals surface area contributed by atoms with Crippen LogP contribution < -0.4 is 20.1 Å². The van der Waals surface area contributed by atoms with Crippen molar-refractivity contribution < 1.29 is 23.0 Å². The molecule has 132 valence electrons. The van der Waals surface area contributed by atoms with Crippen LogP contribution in [0.4, 0.5) is 25.3 Å². The van der Waals surface area contributed by atoms with E-state index in [-0.39, 0.29) is 18.2 Å². The number of fused-ring (bicyclic) bond motifs is 1. The zero-order chi connectivity index (χ0) is 18.1. The predicted molar refractivity (Wildman–Crippen MR) is 92.3 cm³/mol. The van der Waals surface area contributed by atoms with Gasteiger partial charge in [0.1, 0.15) is 5.69 Å². The van der Waals surface area contributed by atoms with Crippen LogP contribution in [-0.4, -0.2) is 17.7 Å². The minimum atomic E-state index is -1.04. The van der Waals surface area contributed by atoms with Gasteiger partial charge in [0.15, 0.2) is 28.3 Å². The van der Waals surface area contributed by atoms with Crippen molar-refractivity contribution in [2.24, 2.45) is 0 Å². The third kappa shape index (κ3) is 3.29. The van der Waals surface area contributed by atoms with E-state index in [0.717, 1.165) is 17.8 Å². The Kier molecular flexibility index (Phi) is 4.13. The van der Waals surface area contributed by atoms with Gasteiger partial charge in [-0.25, -0.2) is 13.8 Å². The smallest absolute Gasteiger partial charge is 0.275 e. The lowest BCUT2D eigenvalue weighted by molar-refractivity contribution is 0.102. The molecular formula is C17H11F2N3O3S. The minimum absolute atomic E-state index is 0.146. The molecule has 0 unspecified atom stereocenters. The van der Waals surface area contributed by atoms with E-state index < -0.39 is 17.5 Å². The molecule has 0 fully saturated rings. The van der Waals surface area contributed by atoms with Gasteiger partial charge in [0.05, 0.1) is 0 Å². The Labute approximate surface area is 150 Å². The largest absolute Gasteiger partial charge is 0.454 e. The second kappa shape index (κ2) is 6.60. The van der Waals surface area contributed by atoms with E-state index in [1.165, 1.54) is 17.4 Å². The van der Waals surface area contributed by atoms with E-state index in [4.69, 9.17) is 9.47 Å². The molecule has 0 saturated heterocycles. The first-order valence-corrected chi connectivity index (χ1v) is 8.35. The van der Waals surface area contributed by atoms with Crippen molar-refractivity contribution in [1.29, 1.82) is 0 Å². The summed E-state index contributed by atoms with van der Waals surface area (Å²) < 4.78 is 36.7. The maximum absolute atomic E-state index is 13.2. The van der Waals surface area contributed by atoms with Crippen LogP contribution in [-0.2, 0) is 0 Å². The van der Waals surface area contributed by atoms with Gasteiger partial charge >= 0.3 is 0 Å². The van der Waals surface area contributed by atoms with Crippen molar-refractivity contribution in [1.82, 2.24) is 4.98 Å². The molecule has 2 N–H and O–H groups in total. The second-order valence-corrected chi connectivity index (χ2v) is 6.17. The summed E-state index contributed by atoms with van der Waals surface area (Å²) in [5.74, 6) is -1.24. The number of nitrogens with one attached hydrogen (secondary N) is 2. The highest BCUT2D eigenvalue weighted by Gasteiger charge is 2.15. The molecule has 9 heteroatoms. The van der Waals surface area contributed by atoms with Gasteiger partial charge in [0.2, 0.25) is 6.79 Å². The highest BCUT2D eigenvalue weighted by Crippen LogP contribution is 2.35. The highest BCUT2D eigenvalue weighted by atomic mass is 32.1. The molecule has 0 saturated carbocycles. The van der Waals surface area contributed by atoms with Crippen LogP contribution in [0.25, 0.3) is 0 Å². The molecule has 1 aliphatic heterocycles. The quantitative estimate of drug-likeness (QED) is 0.717. The molecule has 26 heavy (non-hydrogen) atoms. The standard InChI is InChI=1S/C17H11F2N3O3S/c18-11-3-1-9(5-12(11)19)20-16(23)13-7-26-17(22-13)21-10-2-4-14-15(6-10)25-8-24-14/h1-7H,8H2,(H,20,23)(H,21,22). The van der Waals surface area contributed by atoms with Gasteiger partial charge in [0, 0.05) is 28.9 Å². The van der Waals surface area contributed by atoms with Crippen molar-refractivity contribution in [3.8, 4) is 11.5 Å². The number of hydrogen-bond acceptors (Lipinski definition) is 6. The Morgan fingerprint density at radius 1 is 1.04 bits per heavy atom. The third-order valence-electron chi connectivity index (χ3n) is 3.54. The number of rotatable bonds is 4. The third-order valence-corrected chi connectivity index (χ3v) is 4.30. The number of anilines is 3. The fourth-order valence-corrected chi connectivity index (χ4v) is 3.01. The number of carbonyl (C=O) groups is 1. The summed E-state index contributed by atoms with van der Waals surface area (Å²) in [7, 11) is 0. The monoisotopic (exact) mass is 375 g/mol. The van der Waals surface area contributed by atoms with E-state index in [0.29, 0.717) is 16.6 Å². The second-order valence-electron chi connectivity index (χ2n) is 5.31. The van der Waals surface area contributed by atoms with Crippen LogP contribution in [0.3, 0.4) is 0 Å². The molecule has 0 atom stereocenters. The normalized spacial score (nSPS) is 12.1. The number of halogens is 2. The summed E-state index contributed by atoms with van der Waals surface area (Å²) in [6.45, 7) is 0.185. The zero-order valence-corrected chi connectivity index (χ0v) is 13.9. The van der Waals surface area contributed by atoms with Crippen LogP contribution in [0.1, 0.15) is 10.5 Å². The summed E-state index contributed by atoms with van der Waals surface area (Å²) in [4.78, 5) is 16.4. The average molecular weight is 375 g/mol. The fraction of sp³-hybridized carbons (Fsp3) is 0.0588. The first-order chi connectivity index (χ1) is 12.6. The van der Waals surface area contributed by atoms with Gasteiger partial charge in [-0.05, 0) is 24.3 Å². The number of benzene rings is 2. The average Bonchev–Trinajstić information content (AvgIpc) is 3.27. The van der Waals surface area contributed by atoms with E-state index in [2.05, 4.69) is 15.6 Å². The lowest BCUT2D eigenvalue weighted by Crippen LogP contribution is -2.12. The van der Waals surface area contributed by atoms with Crippen LogP contribution in [0.5, 0.6) is 11.5 Å². The van der Waals surface area contributed by atoms with E-state index in [1.54, 1.807) is 23.6 Å². The summed E-state index contributed by atoms with van der Waals surface area (Å²) in [5.41, 5.74) is 1.03. The maximum Gasteiger partial charge on any atom is 0.275 e. The molecule has 0 aliphatic carbocycles. The van der Waals surface area contributed by atoms with Gasteiger partial charge in [-0.15, -0.1) is 11.3 Å². The molecule has 6 nitrogen and oxygen atoms in total. The number of aromatic nitrogens is 1. The minimum Gasteiger partial charge on any atom is -0.454 e. The summed E-state index contributed by atoms with van der Waals surface area (Å²) in [5, 5.41) is 7.60. The molecule has 4 rings (SSSR count). The van der Waals surface area contributed by atoms with Crippen molar-refractivity contribution in [2.75, 3.05) is 17.4 Å². The van der Waals surface area contributed by atoms with Gasteiger partial charge in [0.25, 0.3) is 5.91 Å². The summed E-state index contributed by atoms with van der Waals surface area (Å²) in [6, 6.07) is 8.47. The molecule has 0 spiro atoms. The van der Waals surface area contributed by atoms with E-state index in [1.807, 2.05) is 0 Å². The molecule has 0 radical (unpaired) electrons. The van der Waals surface area contributed by atoms with Gasteiger partial charge in [-0.2, -0.15) is 0 Å². The van der Waals surface area contributed by atoms with E-state index >= 15 is 0 Å².